The van der Waals surface area contributed by atoms with E-state index in [0.717, 1.165) is 5.69 Å². The Balaban J connectivity index is 0.883. The number of fused-ring (bicyclic) bond motifs is 2. The predicted molar refractivity (Wildman–Crippen MR) is 197 cm³/mol. The second-order valence-corrected chi connectivity index (χ2v) is 14.5. The van der Waals surface area contributed by atoms with E-state index in [1.807, 2.05) is 28.9 Å². The smallest absolute Gasteiger partial charge is 0.300 e. The van der Waals surface area contributed by atoms with E-state index in [-0.39, 0.29) is 42.4 Å². The van der Waals surface area contributed by atoms with Gasteiger partial charge in [0.05, 0.1) is 17.4 Å². The van der Waals surface area contributed by atoms with Gasteiger partial charge in [0.2, 0.25) is 23.4 Å². The van der Waals surface area contributed by atoms with Gasteiger partial charge in [-0.3, -0.25) is 34.4 Å². The van der Waals surface area contributed by atoms with Crippen LogP contribution in [0.3, 0.4) is 0 Å². The van der Waals surface area contributed by atoms with Gasteiger partial charge in [0.1, 0.15) is 18.1 Å². The number of anilines is 3. The second kappa shape index (κ2) is 14.1. The molecule has 4 amide bonds. The number of benzene rings is 1. The zero-order valence-corrected chi connectivity index (χ0v) is 30.3. The Morgan fingerprint density at radius 3 is 2.64 bits per heavy atom. The topological polar surface area (TPSA) is 203 Å². The third kappa shape index (κ3) is 6.70. The van der Waals surface area contributed by atoms with Crippen LogP contribution in [0.1, 0.15) is 56.9 Å². The van der Waals surface area contributed by atoms with Crippen molar-refractivity contribution in [3.8, 4) is 11.5 Å². The molecule has 2 unspecified atom stereocenters. The number of rotatable bonds is 8. The van der Waals surface area contributed by atoms with Gasteiger partial charge >= 0.3 is 0 Å². The molecule has 0 spiro atoms. The van der Waals surface area contributed by atoms with Gasteiger partial charge in [0.15, 0.2) is 17.1 Å². The van der Waals surface area contributed by atoms with Crippen molar-refractivity contribution in [3.05, 3.63) is 76.7 Å². The van der Waals surface area contributed by atoms with Crippen LogP contribution in [-0.2, 0) is 22.7 Å². The quantitative estimate of drug-likeness (QED) is 0.195. The molecule has 0 bridgehead atoms. The van der Waals surface area contributed by atoms with Crippen LogP contribution in [0.5, 0.6) is 0 Å². The van der Waals surface area contributed by atoms with E-state index in [2.05, 4.69) is 25.5 Å². The fourth-order valence-electron chi connectivity index (χ4n) is 7.79. The van der Waals surface area contributed by atoms with Gasteiger partial charge in [0, 0.05) is 82.3 Å². The highest BCUT2D eigenvalue weighted by molar-refractivity contribution is 6.06. The lowest BCUT2D eigenvalue weighted by atomic mass is 10.0. The Labute approximate surface area is 318 Å². The van der Waals surface area contributed by atoms with Crippen LogP contribution < -0.4 is 20.4 Å². The Morgan fingerprint density at radius 1 is 1.04 bits per heavy atom. The molecular formula is C38H37FN10O7. The van der Waals surface area contributed by atoms with Gasteiger partial charge in [-0.05, 0) is 49.1 Å². The van der Waals surface area contributed by atoms with Crippen molar-refractivity contribution in [3.63, 3.8) is 0 Å². The Hall–Kier alpha value is -6.27. The van der Waals surface area contributed by atoms with Gasteiger partial charge in [-0.1, -0.05) is 6.07 Å². The summed E-state index contributed by atoms with van der Waals surface area (Å²) in [7, 11) is 0. The summed E-state index contributed by atoms with van der Waals surface area (Å²) >= 11 is 0. The van der Waals surface area contributed by atoms with E-state index in [1.54, 1.807) is 18.3 Å². The van der Waals surface area contributed by atoms with Crippen molar-refractivity contribution >= 4 is 52.4 Å². The van der Waals surface area contributed by atoms with Gasteiger partial charge in [0.25, 0.3) is 17.8 Å². The lowest BCUT2D eigenvalue weighted by Crippen LogP contribution is -2.52. The minimum atomic E-state index is -0.813. The Bertz CT molecular complexity index is 2410. The molecule has 56 heavy (non-hydrogen) atoms. The number of halogens is 1. The van der Waals surface area contributed by atoms with Crippen LogP contribution in [0.15, 0.2) is 51.6 Å². The molecule has 0 saturated carbocycles. The number of nitrogens with zero attached hydrogens (tertiary/aromatic N) is 8. The Morgan fingerprint density at radius 2 is 1.88 bits per heavy atom. The maximum Gasteiger partial charge on any atom is 0.300 e. The minimum absolute atomic E-state index is 0.0250. The summed E-state index contributed by atoms with van der Waals surface area (Å²) in [5.41, 5.74) is 3.84. The summed E-state index contributed by atoms with van der Waals surface area (Å²) in [6.07, 6.45) is 3.28. The number of piperidine rings is 1. The normalized spacial score (nSPS) is 20.3. The fraction of sp³-hybridized carbons (Fsp3) is 0.368. The van der Waals surface area contributed by atoms with Gasteiger partial charge in [-0.2, -0.15) is 4.98 Å². The molecule has 1 aromatic carbocycles. The van der Waals surface area contributed by atoms with E-state index in [9.17, 15) is 24.3 Å². The number of carbonyl (C=O) groups is 4. The number of amides is 4. The van der Waals surface area contributed by atoms with Crippen molar-refractivity contribution in [2.75, 3.05) is 54.4 Å². The third-order valence-electron chi connectivity index (χ3n) is 10.6. The molecule has 3 N–H and O–H groups in total. The number of aliphatic hydroxyl groups is 1. The molecule has 3 saturated heterocycles. The fourth-order valence-corrected chi connectivity index (χ4v) is 7.79. The number of oxazole rings is 2. The average Bonchev–Trinajstić information content (AvgIpc) is 3.98. The molecule has 9 rings (SSSR count). The van der Waals surface area contributed by atoms with Gasteiger partial charge in [-0.15, -0.1) is 0 Å². The average molecular weight is 765 g/mol. The van der Waals surface area contributed by atoms with Crippen LogP contribution >= 0.6 is 0 Å². The maximum atomic E-state index is 15.3. The first-order valence-electron chi connectivity index (χ1n) is 18.4. The summed E-state index contributed by atoms with van der Waals surface area (Å²) in [5, 5.41) is 15.5. The summed E-state index contributed by atoms with van der Waals surface area (Å²) in [6.45, 7) is 5.62. The van der Waals surface area contributed by atoms with E-state index < -0.39 is 35.7 Å². The number of piperazine rings is 1. The summed E-state index contributed by atoms with van der Waals surface area (Å²) in [6, 6.07) is 7.98. The first kappa shape index (κ1) is 35.4. The predicted octanol–water partition coefficient (Wildman–Crippen LogP) is 2.63. The number of aromatic nitrogens is 4. The van der Waals surface area contributed by atoms with Crippen molar-refractivity contribution < 1.29 is 37.5 Å². The molecule has 18 heteroatoms. The van der Waals surface area contributed by atoms with E-state index in [4.69, 9.17) is 18.8 Å². The molecule has 17 nitrogen and oxygen atoms in total. The zero-order chi connectivity index (χ0) is 38.7. The number of hydrogen-bond acceptors (Lipinski definition) is 14. The molecule has 4 aromatic heterocycles. The number of aliphatic hydroxyl groups excluding tert-OH is 1. The van der Waals surface area contributed by atoms with Crippen molar-refractivity contribution in [2.45, 2.75) is 51.4 Å². The van der Waals surface area contributed by atoms with E-state index >= 15 is 4.39 Å². The van der Waals surface area contributed by atoms with Crippen LogP contribution in [-0.4, -0.2) is 110 Å². The van der Waals surface area contributed by atoms with E-state index in [1.165, 1.54) is 17.2 Å². The lowest BCUT2D eigenvalue weighted by molar-refractivity contribution is -0.136. The SMILES string of the molecule is Cc1cc(-c2nc(C(=O)Nc3cc4oc(N5CCN(Cc6cc(F)c7c(c6)CN(C6CCC(=O)NC6=O)C7=O)CC5)nc4nc3N3CCC(O)C3)co2)ccn1. The highest BCUT2D eigenvalue weighted by Gasteiger charge is 2.41. The first-order valence-corrected chi connectivity index (χ1v) is 18.4. The zero-order valence-electron chi connectivity index (χ0n) is 30.3. The summed E-state index contributed by atoms with van der Waals surface area (Å²) in [4.78, 5) is 76.0. The highest BCUT2D eigenvalue weighted by atomic mass is 19.1. The van der Waals surface area contributed by atoms with Crippen molar-refractivity contribution in [1.29, 1.82) is 0 Å². The van der Waals surface area contributed by atoms with Gasteiger partial charge < -0.3 is 34.0 Å². The maximum absolute atomic E-state index is 15.3. The van der Waals surface area contributed by atoms with Crippen molar-refractivity contribution in [1.82, 2.24) is 35.1 Å². The molecule has 288 valence electrons. The molecule has 0 radical (unpaired) electrons. The largest absolute Gasteiger partial charge is 0.444 e. The van der Waals surface area contributed by atoms with Crippen LogP contribution in [0, 0.1) is 12.7 Å². The number of carbonyl (C=O) groups excluding carboxylic acids is 4. The Kier molecular flexibility index (Phi) is 8.92. The molecule has 4 aliphatic rings. The molecule has 2 atom stereocenters. The molecule has 0 aliphatic carbocycles. The number of imide groups is 1. The number of aryl methyl sites for hydroxylation is 1. The molecular weight excluding hydrogens is 727 g/mol. The van der Waals surface area contributed by atoms with Crippen LogP contribution in [0.2, 0.25) is 0 Å². The van der Waals surface area contributed by atoms with Crippen molar-refractivity contribution in [2.24, 2.45) is 0 Å². The van der Waals surface area contributed by atoms with E-state index in [0.29, 0.717) is 97.7 Å². The number of β-amino-alcohol motifs (C(OH)–C–C–N with tert-alkyl or cyclic N) is 1. The number of nitrogens with one attached hydrogen (secondary N) is 2. The third-order valence-corrected chi connectivity index (χ3v) is 10.6. The number of hydrogen-bond donors (Lipinski definition) is 3. The van der Waals surface area contributed by atoms with Crippen LogP contribution in [0.25, 0.3) is 22.7 Å². The highest BCUT2D eigenvalue weighted by Crippen LogP contribution is 2.34. The summed E-state index contributed by atoms with van der Waals surface area (Å²) in [5.74, 6) is -1.86. The molecule has 3 fully saturated rings. The number of pyridine rings is 2. The molecule has 8 heterocycles. The lowest BCUT2D eigenvalue weighted by Gasteiger charge is -2.33. The summed E-state index contributed by atoms with van der Waals surface area (Å²) < 4.78 is 27.1. The molecule has 5 aromatic rings. The first-order chi connectivity index (χ1) is 27.1. The van der Waals surface area contributed by atoms with Crippen LogP contribution in [0.4, 0.5) is 21.9 Å². The molecule has 4 aliphatic heterocycles. The monoisotopic (exact) mass is 764 g/mol. The standard InChI is InChI=1S/C38H37FN10O7/c1-20-12-22(4-6-40-20)36-42-27(19-55-36)34(52)41-26-15-29-32(44-33(26)48-7-5-24(50)18-48)45-38(56-29)47-10-8-46(9-11-47)16-21-13-23-17-49(37(54)31(23)25(39)14-21)28-2-3-30(51)43-35(28)53/h4,6,12-15,19,24,28,50H,2-3,5,7-11,16-18H2,1H3,(H,41,52)(H,43,51,53). The second-order valence-electron chi connectivity index (χ2n) is 14.5. The van der Waals surface area contributed by atoms with Gasteiger partial charge in [-0.25, -0.2) is 14.4 Å². The minimum Gasteiger partial charge on any atom is -0.444 e.